The highest BCUT2D eigenvalue weighted by Gasteiger charge is 2.16. The van der Waals surface area contributed by atoms with Crippen LogP contribution in [0.2, 0.25) is 0 Å². The summed E-state index contributed by atoms with van der Waals surface area (Å²) >= 11 is 3.12. The monoisotopic (exact) mass is 328 g/mol. The third kappa shape index (κ3) is 3.69. The Kier molecular flexibility index (Phi) is 4.80. The lowest BCUT2D eigenvalue weighted by molar-refractivity contribution is 0.244. The standard InChI is InChI=1S/C14H18BrFN2O/c1-9-12(8-7-11(15)13(9)16)18-14(19)17-10-5-3-2-4-6-10/h7-8,10H,2-6H2,1H3,(H2,17,18,19). The lowest BCUT2D eigenvalue weighted by Gasteiger charge is -2.23. The number of amides is 2. The van der Waals surface area contributed by atoms with Crippen LogP contribution in [0.5, 0.6) is 0 Å². The third-order valence-electron chi connectivity index (χ3n) is 3.53. The zero-order chi connectivity index (χ0) is 13.8. The van der Waals surface area contributed by atoms with Crippen molar-refractivity contribution >= 4 is 27.6 Å². The average Bonchev–Trinajstić information content (AvgIpc) is 2.41. The van der Waals surface area contributed by atoms with E-state index in [9.17, 15) is 9.18 Å². The summed E-state index contributed by atoms with van der Waals surface area (Å²) in [7, 11) is 0. The van der Waals surface area contributed by atoms with Crippen LogP contribution in [0.3, 0.4) is 0 Å². The van der Waals surface area contributed by atoms with Gasteiger partial charge in [0.25, 0.3) is 0 Å². The molecule has 104 valence electrons. The molecule has 1 aliphatic carbocycles. The maximum Gasteiger partial charge on any atom is 0.319 e. The molecule has 3 nitrogen and oxygen atoms in total. The number of nitrogens with one attached hydrogen (secondary N) is 2. The van der Waals surface area contributed by atoms with Gasteiger partial charge in [0.1, 0.15) is 5.82 Å². The van der Waals surface area contributed by atoms with Gasteiger partial charge in [0, 0.05) is 17.3 Å². The van der Waals surface area contributed by atoms with E-state index in [-0.39, 0.29) is 17.9 Å². The smallest absolute Gasteiger partial charge is 0.319 e. The molecular weight excluding hydrogens is 311 g/mol. The van der Waals surface area contributed by atoms with Gasteiger partial charge in [-0.05, 0) is 47.8 Å². The van der Waals surface area contributed by atoms with Crippen LogP contribution in [0, 0.1) is 12.7 Å². The van der Waals surface area contributed by atoms with E-state index in [2.05, 4.69) is 26.6 Å². The van der Waals surface area contributed by atoms with E-state index < -0.39 is 0 Å². The summed E-state index contributed by atoms with van der Waals surface area (Å²) < 4.78 is 14.1. The zero-order valence-electron chi connectivity index (χ0n) is 10.9. The fourth-order valence-electron chi connectivity index (χ4n) is 2.38. The predicted octanol–water partition coefficient (Wildman–Crippen LogP) is 4.35. The van der Waals surface area contributed by atoms with Gasteiger partial charge >= 0.3 is 6.03 Å². The van der Waals surface area contributed by atoms with Crippen molar-refractivity contribution in [1.82, 2.24) is 5.32 Å². The van der Waals surface area contributed by atoms with E-state index in [4.69, 9.17) is 0 Å². The molecule has 0 spiro atoms. The van der Waals surface area contributed by atoms with Crippen molar-refractivity contribution in [2.75, 3.05) is 5.32 Å². The molecule has 1 aliphatic rings. The lowest BCUT2D eigenvalue weighted by Crippen LogP contribution is -2.39. The number of benzene rings is 1. The van der Waals surface area contributed by atoms with Crippen molar-refractivity contribution < 1.29 is 9.18 Å². The number of rotatable bonds is 2. The Morgan fingerprint density at radius 3 is 2.68 bits per heavy atom. The van der Waals surface area contributed by atoms with E-state index in [1.165, 1.54) is 6.42 Å². The maximum atomic E-state index is 13.7. The van der Waals surface area contributed by atoms with Crippen molar-refractivity contribution in [2.45, 2.75) is 45.1 Å². The summed E-state index contributed by atoms with van der Waals surface area (Å²) in [6.07, 6.45) is 5.63. The van der Waals surface area contributed by atoms with Gasteiger partial charge in [-0.1, -0.05) is 19.3 Å². The minimum atomic E-state index is -0.338. The molecule has 0 atom stereocenters. The van der Waals surface area contributed by atoms with Gasteiger partial charge < -0.3 is 10.6 Å². The number of anilines is 1. The molecule has 0 aliphatic heterocycles. The maximum absolute atomic E-state index is 13.7. The highest BCUT2D eigenvalue weighted by molar-refractivity contribution is 9.10. The highest BCUT2D eigenvalue weighted by atomic mass is 79.9. The van der Waals surface area contributed by atoms with E-state index >= 15 is 0 Å². The second-order valence-corrected chi connectivity index (χ2v) is 5.82. The Morgan fingerprint density at radius 1 is 1.32 bits per heavy atom. The van der Waals surface area contributed by atoms with Gasteiger partial charge in [-0.3, -0.25) is 0 Å². The topological polar surface area (TPSA) is 41.1 Å². The van der Waals surface area contributed by atoms with E-state index in [0.29, 0.717) is 15.7 Å². The molecule has 0 heterocycles. The van der Waals surface area contributed by atoms with Crippen LogP contribution in [0.15, 0.2) is 16.6 Å². The lowest BCUT2D eigenvalue weighted by atomic mass is 9.96. The molecule has 1 fully saturated rings. The Morgan fingerprint density at radius 2 is 2.00 bits per heavy atom. The second kappa shape index (κ2) is 6.37. The van der Waals surface area contributed by atoms with Gasteiger partial charge in [-0.15, -0.1) is 0 Å². The predicted molar refractivity (Wildman–Crippen MR) is 77.9 cm³/mol. The Hall–Kier alpha value is -1.10. The normalized spacial score (nSPS) is 16.2. The molecule has 0 bridgehead atoms. The molecule has 1 saturated carbocycles. The zero-order valence-corrected chi connectivity index (χ0v) is 12.5. The fraction of sp³-hybridized carbons (Fsp3) is 0.500. The van der Waals surface area contributed by atoms with Gasteiger partial charge in [0.2, 0.25) is 0 Å². The average molecular weight is 329 g/mol. The first kappa shape index (κ1) is 14.3. The molecule has 1 aromatic rings. The summed E-state index contributed by atoms with van der Waals surface area (Å²) in [4.78, 5) is 11.9. The molecule has 5 heteroatoms. The van der Waals surface area contributed by atoms with Crippen LogP contribution in [0.25, 0.3) is 0 Å². The number of urea groups is 1. The summed E-state index contributed by atoms with van der Waals surface area (Å²) in [6, 6.07) is 3.28. The van der Waals surface area contributed by atoms with Gasteiger partial charge in [-0.25, -0.2) is 9.18 Å². The molecule has 1 aromatic carbocycles. The molecule has 0 saturated heterocycles. The molecule has 19 heavy (non-hydrogen) atoms. The molecule has 2 rings (SSSR count). The van der Waals surface area contributed by atoms with E-state index in [1.807, 2.05) is 0 Å². The number of hydrogen-bond acceptors (Lipinski definition) is 1. The van der Waals surface area contributed by atoms with Crippen LogP contribution in [-0.2, 0) is 0 Å². The molecule has 0 radical (unpaired) electrons. The summed E-state index contributed by atoms with van der Waals surface area (Å²) in [5.74, 6) is -0.338. The summed E-state index contributed by atoms with van der Waals surface area (Å²) in [5, 5.41) is 5.66. The summed E-state index contributed by atoms with van der Waals surface area (Å²) in [5.41, 5.74) is 0.946. The number of halogens is 2. The Labute approximate surface area is 121 Å². The SMILES string of the molecule is Cc1c(NC(=O)NC2CCCCC2)ccc(Br)c1F. The highest BCUT2D eigenvalue weighted by Crippen LogP contribution is 2.25. The first-order valence-corrected chi connectivity index (χ1v) is 7.39. The molecule has 0 unspecified atom stereocenters. The van der Waals surface area contributed by atoms with Crippen LogP contribution >= 0.6 is 15.9 Å². The largest absolute Gasteiger partial charge is 0.335 e. The quantitative estimate of drug-likeness (QED) is 0.832. The molecule has 2 N–H and O–H groups in total. The number of carbonyl (C=O) groups excluding carboxylic acids is 1. The minimum Gasteiger partial charge on any atom is -0.335 e. The molecule has 0 aromatic heterocycles. The first-order chi connectivity index (χ1) is 9.08. The molecular formula is C14H18BrFN2O. The van der Waals surface area contributed by atoms with Gasteiger partial charge in [-0.2, -0.15) is 0 Å². The van der Waals surface area contributed by atoms with Gasteiger partial charge in [0.15, 0.2) is 0 Å². The van der Waals surface area contributed by atoms with Crippen LogP contribution in [-0.4, -0.2) is 12.1 Å². The van der Waals surface area contributed by atoms with Crippen LogP contribution < -0.4 is 10.6 Å². The molecule has 2 amide bonds. The van der Waals surface area contributed by atoms with Crippen molar-refractivity contribution in [3.8, 4) is 0 Å². The fourth-order valence-corrected chi connectivity index (χ4v) is 2.81. The summed E-state index contributed by atoms with van der Waals surface area (Å²) in [6.45, 7) is 1.65. The third-order valence-corrected chi connectivity index (χ3v) is 4.14. The Balaban J connectivity index is 1.97. The van der Waals surface area contributed by atoms with E-state index in [0.717, 1.165) is 25.7 Å². The second-order valence-electron chi connectivity index (χ2n) is 4.97. The van der Waals surface area contributed by atoms with Gasteiger partial charge in [0.05, 0.1) is 4.47 Å². The van der Waals surface area contributed by atoms with Crippen LogP contribution in [0.1, 0.15) is 37.7 Å². The van der Waals surface area contributed by atoms with Crippen molar-refractivity contribution in [3.63, 3.8) is 0 Å². The number of carbonyl (C=O) groups is 1. The van der Waals surface area contributed by atoms with Crippen molar-refractivity contribution in [1.29, 1.82) is 0 Å². The van der Waals surface area contributed by atoms with Crippen molar-refractivity contribution in [3.05, 3.63) is 28.0 Å². The minimum absolute atomic E-state index is 0.245. The van der Waals surface area contributed by atoms with Crippen LogP contribution in [0.4, 0.5) is 14.9 Å². The van der Waals surface area contributed by atoms with Crippen molar-refractivity contribution in [2.24, 2.45) is 0 Å². The first-order valence-electron chi connectivity index (χ1n) is 6.60. The van der Waals surface area contributed by atoms with E-state index in [1.54, 1.807) is 19.1 Å². The number of hydrogen-bond donors (Lipinski definition) is 2. The Bertz CT molecular complexity index is 473.